The van der Waals surface area contributed by atoms with Gasteiger partial charge in [-0.2, -0.15) is 0 Å². The average Bonchev–Trinajstić information content (AvgIpc) is 2.39. The van der Waals surface area contributed by atoms with Gasteiger partial charge in [-0.15, -0.1) is 11.8 Å². The summed E-state index contributed by atoms with van der Waals surface area (Å²) in [6, 6.07) is 4.73. The maximum Gasteiger partial charge on any atom is 0.0962 e. The van der Waals surface area contributed by atoms with Gasteiger partial charge in [0.25, 0.3) is 0 Å². The van der Waals surface area contributed by atoms with E-state index in [4.69, 9.17) is 9.72 Å². The Kier molecular flexibility index (Phi) is 5.07. The summed E-state index contributed by atoms with van der Waals surface area (Å²) in [7, 11) is 4.17. The number of hydrogen-bond donors (Lipinski definition) is 0. The molecule has 2 heterocycles. The Hall–Kier alpha value is -0.780. The standard InChI is InChI=1S/C14H23N3OS/c1-11-10-18-8-7-17(11)13-5-6-14(19-4)15-12(13)9-16(2)3/h5-6,11H,7-10H2,1-4H3/t11-/m1/s1. The fourth-order valence-corrected chi connectivity index (χ4v) is 2.76. The molecule has 1 aromatic rings. The van der Waals surface area contributed by atoms with E-state index in [-0.39, 0.29) is 0 Å². The predicted octanol–water partition coefficient (Wildman–Crippen LogP) is 2.09. The molecule has 1 fully saturated rings. The largest absolute Gasteiger partial charge is 0.377 e. The minimum absolute atomic E-state index is 0.414. The summed E-state index contributed by atoms with van der Waals surface area (Å²) in [5, 5.41) is 1.08. The number of aromatic nitrogens is 1. The Morgan fingerprint density at radius 3 is 2.89 bits per heavy atom. The van der Waals surface area contributed by atoms with Crippen molar-refractivity contribution in [2.24, 2.45) is 0 Å². The minimum Gasteiger partial charge on any atom is -0.377 e. The summed E-state index contributed by atoms with van der Waals surface area (Å²) in [6.45, 7) is 5.62. The number of rotatable bonds is 4. The van der Waals surface area contributed by atoms with Gasteiger partial charge in [-0.1, -0.05) is 0 Å². The number of morpholine rings is 1. The minimum atomic E-state index is 0.414. The van der Waals surface area contributed by atoms with Crippen LogP contribution in [0, 0.1) is 0 Å². The van der Waals surface area contributed by atoms with E-state index in [0.717, 1.165) is 37.0 Å². The molecule has 0 saturated carbocycles. The Labute approximate surface area is 120 Å². The fraction of sp³-hybridized carbons (Fsp3) is 0.643. The van der Waals surface area contributed by atoms with Crippen LogP contribution in [0.1, 0.15) is 12.6 Å². The van der Waals surface area contributed by atoms with Gasteiger partial charge in [0.1, 0.15) is 0 Å². The molecular weight excluding hydrogens is 258 g/mol. The maximum atomic E-state index is 5.52. The van der Waals surface area contributed by atoms with Gasteiger partial charge in [-0.05, 0) is 39.4 Å². The van der Waals surface area contributed by atoms with Crippen LogP contribution in [0.25, 0.3) is 0 Å². The first kappa shape index (κ1) is 14.6. The molecule has 0 unspecified atom stereocenters. The van der Waals surface area contributed by atoms with E-state index >= 15 is 0 Å². The molecule has 1 atom stereocenters. The highest BCUT2D eigenvalue weighted by Crippen LogP contribution is 2.26. The summed E-state index contributed by atoms with van der Waals surface area (Å²) in [6.07, 6.45) is 2.07. The molecule has 5 heteroatoms. The number of nitrogens with zero attached hydrogens (tertiary/aromatic N) is 3. The van der Waals surface area contributed by atoms with E-state index in [1.54, 1.807) is 11.8 Å². The molecule has 0 amide bonds. The maximum absolute atomic E-state index is 5.52. The SMILES string of the molecule is CSc1ccc(N2CCOC[C@H]2C)c(CN(C)C)n1. The second-order valence-corrected chi connectivity index (χ2v) is 6.00. The highest BCUT2D eigenvalue weighted by atomic mass is 32.2. The van der Waals surface area contributed by atoms with Crippen molar-refractivity contribution in [3.63, 3.8) is 0 Å². The highest BCUT2D eigenvalue weighted by Gasteiger charge is 2.22. The van der Waals surface area contributed by atoms with Crippen LogP contribution in [0.3, 0.4) is 0 Å². The van der Waals surface area contributed by atoms with Gasteiger partial charge in [0.05, 0.1) is 29.6 Å². The van der Waals surface area contributed by atoms with Crippen molar-refractivity contribution in [1.29, 1.82) is 0 Å². The fourth-order valence-electron chi connectivity index (χ4n) is 2.35. The lowest BCUT2D eigenvalue weighted by molar-refractivity contribution is 0.0987. The Bertz CT molecular complexity index is 425. The summed E-state index contributed by atoms with van der Waals surface area (Å²) < 4.78 is 5.52. The van der Waals surface area contributed by atoms with E-state index in [1.165, 1.54) is 5.69 Å². The summed E-state index contributed by atoms with van der Waals surface area (Å²) in [5.74, 6) is 0. The van der Waals surface area contributed by atoms with Crippen LogP contribution < -0.4 is 4.90 Å². The number of thioether (sulfide) groups is 1. The Balaban J connectivity index is 2.31. The molecule has 0 aromatic carbocycles. The normalized spacial score (nSPS) is 20.1. The van der Waals surface area contributed by atoms with Crippen LogP contribution in [0.15, 0.2) is 17.2 Å². The van der Waals surface area contributed by atoms with Crippen LogP contribution >= 0.6 is 11.8 Å². The van der Waals surface area contributed by atoms with Crippen molar-refractivity contribution in [1.82, 2.24) is 9.88 Å². The van der Waals surface area contributed by atoms with Crippen molar-refractivity contribution < 1.29 is 4.74 Å². The highest BCUT2D eigenvalue weighted by molar-refractivity contribution is 7.98. The molecular formula is C14H23N3OS. The van der Waals surface area contributed by atoms with Crippen molar-refractivity contribution in [3.05, 3.63) is 17.8 Å². The van der Waals surface area contributed by atoms with E-state index < -0.39 is 0 Å². The molecule has 1 saturated heterocycles. The molecule has 19 heavy (non-hydrogen) atoms. The Morgan fingerprint density at radius 1 is 1.47 bits per heavy atom. The lowest BCUT2D eigenvalue weighted by Gasteiger charge is -2.36. The van der Waals surface area contributed by atoms with Crippen LogP contribution in [-0.2, 0) is 11.3 Å². The molecule has 1 aliphatic rings. The van der Waals surface area contributed by atoms with Gasteiger partial charge in [0, 0.05) is 19.1 Å². The molecule has 0 spiro atoms. The van der Waals surface area contributed by atoms with E-state index in [9.17, 15) is 0 Å². The summed E-state index contributed by atoms with van der Waals surface area (Å²) in [4.78, 5) is 9.36. The average molecular weight is 281 g/mol. The smallest absolute Gasteiger partial charge is 0.0962 e. The molecule has 0 bridgehead atoms. The molecule has 4 nitrogen and oxygen atoms in total. The number of anilines is 1. The van der Waals surface area contributed by atoms with E-state index in [0.29, 0.717) is 6.04 Å². The third-order valence-corrected chi connectivity index (χ3v) is 3.92. The molecule has 0 radical (unpaired) electrons. The van der Waals surface area contributed by atoms with Crippen molar-refractivity contribution in [2.45, 2.75) is 24.5 Å². The number of ether oxygens (including phenoxy) is 1. The van der Waals surface area contributed by atoms with Gasteiger partial charge < -0.3 is 14.5 Å². The van der Waals surface area contributed by atoms with Crippen molar-refractivity contribution in [2.75, 3.05) is 45.0 Å². The van der Waals surface area contributed by atoms with E-state index in [1.807, 2.05) is 0 Å². The van der Waals surface area contributed by atoms with Crippen molar-refractivity contribution in [3.8, 4) is 0 Å². The predicted molar refractivity (Wildman–Crippen MR) is 81.0 cm³/mol. The molecule has 1 aliphatic heterocycles. The van der Waals surface area contributed by atoms with Gasteiger partial charge in [0.15, 0.2) is 0 Å². The third-order valence-electron chi connectivity index (χ3n) is 3.28. The molecule has 1 aromatic heterocycles. The second-order valence-electron chi connectivity index (χ2n) is 5.17. The van der Waals surface area contributed by atoms with Crippen LogP contribution in [-0.4, -0.2) is 56.0 Å². The first-order valence-electron chi connectivity index (χ1n) is 6.65. The van der Waals surface area contributed by atoms with Crippen LogP contribution in [0.4, 0.5) is 5.69 Å². The number of pyridine rings is 1. The van der Waals surface area contributed by atoms with Gasteiger partial charge in [-0.25, -0.2) is 4.98 Å². The monoisotopic (exact) mass is 281 g/mol. The summed E-state index contributed by atoms with van der Waals surface area (Å²) >= 11 is 1.69. The zero-order chi connectivity index (χ0) is 13.8. The molecule has 2 rings (SSSR count). The molecule has 0 aliphatic carbocycles. The Morgan fingerprint density at radius 2 is 2.26 bits per heavy atom. The first-order chi connectivity index (χ1) is 9.11. The third kappa shape index (κ3) is 3.61. The lowest BCUT2D eigenvalue weighted by Crippen LogP contribution is -2.44. The topological polar surface area (TPSA) is 28.6 Å². The lowest BCUT2D eigenvalue weighted by atomic mass is 10.2. The van der Waals surface area contributed by atoms with Gasteiger partial charge in [0.2, 0.25) is 0 Å². The zero-order valence-electron chi connectivity index (χ0n) is 12.2. The van der Waals surface area contributed by atoms with Crippen LogP contribution in [0.5, 0.6) is 0 Å². The molecule has 0 N–H and O–H groups in total. The van der Waals surface area contributed by atoms with E-state index in [2.05, 4.69) is 49.2 Å². The van der Waals surface area contributed by atoms with Crippen molar-refractivity contribution >= 4 is 17.4 Å². The summed E-state index contributed by atoms with van der Waals surface area (Å²) in [5.41, 5.74) is 2.41. The zero-order valence-corrected chi connectivity index (χ0v) is 13.0. The number of hydrogen-bond acceptors (Lipinski definition) is 5. The van der Waals surface area contributed by atoms with Gasteiger partial charge in [-0.3, -0.25) is 0 Å². The molecule has 106 valence electrons. The quantitative estimate of drug-likeness (QED) is 0.788. The second kappa shape index (κ2) is 6.59. The first-order valence-corrected chi connectivity index (χ1v) is 7.87. The van der Waals surface area contributed by atoms with Crippen LogP contribution in [0.2, 0.25) is 0 Å². The van der Waals surface area contributed by atoms with Gasteiger partial charge >= 0.3 is 0 Å².